The number of benzene rings is 2. The van der Waals surface area contributed by atoms with E-state index in [0.29, 0.717) is 46.8 Å². The number of ether oxygens (including phenoxy) is 1. The van der Waals surface area contributed by atoms with Crippen LogP contribution in [0.25, 0.3) is 22.4 Å². The van der Waals surface area contributed by atoms with E-state index in [1.807, 2.05) is 13.2 Å². The molecule has 0 bridgehead atoms. The topological polar surface area (TPSA) is 102 Å². The summed E-state index contributed by atoms with van der Waals surface area (Å²) in [5, 5.41) is 5.42. The quantitative estimate of drug-likeness (QED) is 0.446. The highest BCUT2D eigenvalue weighted by Gasteiger charge is 2.26. The molecule has 3 aromatic rings. The molecule has 2 N–H and O–H groups in total. The van der Waals surface area contributed by atoms with Crippen LogP contribution in [0.3, 0.4) is 0 Å². The molecule has 1 unspecified atom stereocenters. The predicted molar refractivity (Wildman–Crippen MR) is 131 cm³/mol. The molecule has 0 aliphatic rings. The largest absolute Gasteiger partial charge is 0.467 e. The van der Waals surface area contributed by atoms with E-state index < -0.39 is 23.7 Å². The number of hydrogen-bond acceptors (Lipinski definition) is 6. The smallest absolute Gasteiger partial charge is 0.328 e. The Hall–Kier alpha value is -3.40. The third kappa shape index (κ3) is 5.39. The first-order valence-electron chi connectivity index (χ1n) is 10.7. The van der Waals surface area contributed by atoms with Gasteiger partial charge < -0.3 is 19.9 Å². The van der Waals surface area contributed by atoms with Crippen molar-refractivity contribution in [3.63, 3.8) is 0 Å². The zero-order valence-electron chi connectivity index (χ0n) is 19.5. The zero-order valence-corrected chi connectivity index (χ0v) is 20.3. The fourth-order valence-corrected chi connectivity index (χ4v) is 4.21. The molecule has 0 spiro atoms. The highest BCUT2D eigenvalue weighted by Crippen LogP contribution is 2.31. The number of hydrogen-bond donors (Lipinski definition) is 2. The van der Waals surface area contributed by atoms with E-state index in [9.17, 15) is 18.8 Å². The van der Waals surface area contributed by atoms with Crippen molar-refractivity contribution in [2.75, 3.05) is 24.4 Å². The highest BCUT2D eigenvalue weighted by molar-refractivity contribution is 7.98. The lowest BCUT2D eigenvalue weighted by atomic mass is 10.1. The molecule has 34 heavy (non-hydrogen) atoms. The maximum absolute atomic E-state index is 14.6. The van der Waals surface area contributed by atoms with Gasteiger partial charge in [-0.2, -0.15) is 11.8 Å². The molecule has 3 rings (SSSR count). The molecule has 0 aliphatic heterocycles. The number of thioether (sulfide) groups is 1. The van der Waals surface area contributed by atoms with Crippen LogP contribution in [0, 0.1) is 5.82 Å². The van der Waals surface area contributed by atoms with E-state index in [0.717, 1.165) is 0 Å². The summed E-state index contributed by atoms with van der Waals surface area (Å²) < 4.78 is 21.2. The average Bonchev–Trinajstić information content (AvgIpc) is 3.18. The Kier molecular flexibility index (Phi) is 8.27. The van der Waals surface area contributed by atoms with Crippen molar-refractivity contribution in [2.24, 2.45) is 0 Å². The van der Waals surface area contributed by atoms with Crippen LogP contribution in [0.4, 0.5) is 10.1 Å². The van der Waals surface area contributed by atoms with Crippen molar-refractivity contribution in [1.29, 1.82) is 0 Å². The fraction of sp³-hybridized carbons (Fsp3) is 0.333. The van der Waals surface area contributed by atoms with Crippen LogP contribution < -0.4 is 10.6 Å². The van der Waals surface area contributed by atoms with Gasteiger partial charge in [0.05, 0.1) is 29.3 Å². The number of halogens is 1. The summed E-state index contributed by atoms with van der Waals surface area (Å²) in [4.78, 5) is 42.0. The summed E-state index contributed by atoms with van der Waals surface area (Å²) in [6.45, 7) is 3.63. The summed E-state index contributed by atoms with van der Waals surface area (Å²) in [6.07, 6.45) is 2.29. The highest BCUT2D eigenvalue weighted by atomic mass is 32.2. The first-order chi connectivity index (χ1) is 16.3. The summed E-state index contributed by atoms with van der Waals surface area (Å²) in [7, 11) is 1.27. The minimum atomic E-state index is -0.839. The molecule has 1 heterocycles. The van der Waals surface area contributed by atoms with E-state index in [2.05, 4.69) is 15.6 Å². The molecule has 0 saturated carbocycles. The van der Waals surface area contributed by atoms with E-state index in [4.69, 9.17) is 4.74 Å². The van der Waals surface area contributed by atoms with Gasteiger partial charge in [0.15, 0.2) is 0 Å². The van der Waals surface area contributed by atoms with Crippen LogP contribution >= 0.6 is 11.8 Å². The number of nitrogens with one attached hydrogen (secondary N) is 2. The van der Waals surface area contributed by atoms with E-state index in [1.54, 1.807) is 40.6 Å². The van der Waals surface area contributed by atoms with Gasteiger partial charge >= 0.3 is 5.97 Å². The Morgan fingerprint density at radius 3 is 2.59 bits per heavy atom. The van der Waals surface area contributed by atoms with Gasteiger partial charge in [0.25, 0.3) is 5.91 Å². The van der Waals surface area contributed by atoms with Crippen molar-refractivity contribution in [1.82, 2.24) is 14.9 Å². The molecule has 0 fully saturated rings. The molecular weight excluding hydrogens is 459 g/mol. The van der Waals surface area contributed by atoms with E-state index in [1.165, 1.54) is 26.2 Å². The van der Waals surface area contributed by atoms with Crippen LogP contribution in [0.1, 0.15) is 30.6 Å². The van der Waals surface area contributed by atoms with Gasteiger partial charge in [-0.25, -0.2) is 14.2 Å². The number of imidazole rings is 1. The van der Waals surface area contributed by atoms with Gasteiger partial charge in [-0.05, 0) is 49.6 Å². The maximum Gasteiger partial charge on any atom is 0.328 e. The lowest BCUT2D eigenvalue weighted by Gasteiger charge is -2.17. The number of aryl methyl sites for hydroxylation is 1. The molecule has 10 heteroatoms. The second-order valence-electron chi connectivity index (χ2n) is 7.56. The normalized spacial score (nSPS) is 11.8. The van der Waals surface area contributed by atoms with Crippen LogP contribution in [0.15, 0.2) is 36.4 Å². The number of nitrogens with zero attached hydrogens (tertiary/aromatic N) is 2. The zero-order chi connectivity index (χ0) is 24.8. The Bertz CT molecular complexity index is 1230. The van der Waals surface area contributed by atoms with Crippen LogP contribution in [-0.2, 0) is 20.9 Å². The molecule has 2 amide bonds. The maximum atomic E-state index is 14.6. The Morgan fingerprint density at radius 1 is 1.24 bits per heavy atom. The van der Waals surface area contributed by atoms with Crippen LogP contribution in [0.5, 0.6) is 0 Å². The van der Waals surface area contributed by atoms with Gasteiger partial charge in [-0.15, -0.1) is 0 Å². The molecular formula is C24H27FN4O4S. The number of methoxy groups -OCH3 is 1. The minimum absolute atomic E-state index is 0.205. The summed E-state index contributed by atoms with van der Waals surface area (Å²) in [5.74, 6) is -0.829. The van der Waals surface area contributed by atoms with Crippen LogP contribution in [0.2, 0.25) is 0 Å². The predicted octanol–water partition coefficient (Wildman–Crippen LogP) is 3.85. The van der Waals surface area contributed by atoms with Crippen molar-refractivity contribution >= 4 is 46.3 Å². The first kappa shape index (κ1) is 25.2. The molecule has 8 nitrogen and oxygen atoms in total. The molecule has 1 atom stereocenters. The van der Waals surface area contributed by atoms with Gasteiger partial charge in [0, 0.05) is 19.2 Å². The summed E-state index contributed by atoms with van der Waals surface area (Å²) >= 11 is 1.54. The van der Waals surface area contributed by atoms with Crippen molar-refractivity contribution in [2.45, 2.75) is 32.9 Å². The standard InChI is InChI=1S/C24H27FN4O4S/c1-5-29-21-17(23(31)28-19(10-11-34-4)24(32)33-3)12-15(26-14(2)30)13-20(21)27-22(29)16-8-6-7-9-18(16)25/h6-9,12-13,19H,5,10-11H2,1-4H3,(H,26,30)(H,28,31). The fourth-order valence-electron chi connectivity index (χ4n) is 3.74. The molecule has 1 aromatic heterocycles. The molecule has 0 aliphatic carbocycles. The van der Waals surface area contributed by atoms with E-state index in [-0.39, 0.29) is 11.5 Å². The van der Waals surface area contributed by atoms with Crippen molar-refractivity contribution in [3.05, 3.63) is 47.8 Å². The Labute approximate surface area is 201 Å². The van der Waals surface area contributed by atoms with Crippen molar-refractivity contribution < 1.29 is 23.5 Å². The van der Waals surface area contributed by atoms with Gasteiger partial charge in [-0.1, -0.05) is 12.1 Å². The molecule has 0 radical (unpaired) electrons. The number of carbonyl (C=O) groups excluding carboxylic acids is 3. The van der Waals surface area contributed by atoms with Gasteiger partial charge in [0.1, 0.15) is 17.7 Å². The summed E-state index contributed by atoms with van der Waals surface area (Å²) in [5.41, 5.74) is 1.75. The Balaban J connectivity index is 2.18. The number of rotatable bonds is 9. The number of aromatic nitrogens is 2. The molecule has 2 aromatic carbocycles. The number of amides is 2. The second kappa shape index (κ2) is 11.1. The number of esters is 1. The summed E-state index contributed by atoms with van der Waals surface area (Å²) in [6, 6.07) is 8.59. The molecule has 0 saturated heterocycles. The number of carbonyl (C=O) groups is 3. The minimum Gasteiger partial charge on any atom is -0.467 e. The average molecular weight is 487 g/mol. The lowest BCUT2D eigenvalue weighted by molar-refractivity contribution is -0.142. The second-order valence-corrected chi connectivity index (χ2v) is 8.55. The number of anilines is 1. The monoisotopic (exact) mass is 486 g/mol. The number of fused-ring (bicyclic) bond motifs is 1. The lowest BCUT2D eigenvalue weighted by Crippen LogP contribution is -2.42. The third-order valence-electron chi connectivity index (χ3n) is 5.24. The Morgan fingerprint density at radius 2 is 1.97 bits per heavy atom. The van der Waals surface area contributed by atoms with Gasteiger partial charge in [-0.3, -0.25) is 9.59 Å². The third-order valence-corrected chi connectivity index (χ3v) is 5.88. The van der Waals surface area contributed by atoms with Crippen molar-refractivity contribution in [3.8, 4) is 11.4 Å². The first-order valence-corrected chi connectivity index (χ1v) is 12.1. The van der Waals surface area contributed by atoms with Crippen LogP contribution in [-0.4, -0.2) is 52.5 Å². The molecule has 180 valence electrons. The van der Waals surface area contributed by atoms with Gasteiger partial charge in [0.2, 0.25) is 5.91 Å². The SMILES string of the molecule is CCn1c(-c2ccccc2F)nc2cc(NC(C)=O)cc(C(=O)NC(CCSC)C(=O)OC)c21. The van der Waals surface area contributed by atoms with E-state index >= 15 is 0 Å².